The maximum Gasteiger partial charge on any atom is 0.466 e. The fourth-order valence-electron chi connectivity index (χ4n) is 0. The van der Waals surface area contributed by atoms with Gasteiger partial charge in [-0.15, -0.1) is 0 Å². The van der Waals surface area contributed by atoms with E-state index >= 15 is 0 Å². The lowest BCUT2D eigenvalue weighted by Gasteiger charge is -1.82. The average Bonchev–Trinajstić information content (AvgIpc) is 1.36. The molecule has 0 aliphatic rings. The zero-order chi connectivity index (χ0) is 6.50. The van der Waals surface area contributed by atoms with Crippen LogP contribution in [0.2, 0.25) is 0 Å². The molecule has 5 N–H and O–H groups in total. The summed E-state index contributed by atoms with van der Waals surface area (Å²) in [4.78, 5) is 21.6. The van der Waals surface area contributed by atoms with Crippen molar-refractivity contribution in [2.75, 3.05) is 0 Å². The van der Waals surface area contributed by atoms with Gasteiger partial charge in [0.05, 0.1) is 0 Å². The quantitative estimate of drug-likeness (QED) is 0.214. The van der Waals surface area contributed by atoms with Crippen LogP contribution in [0.15, 0.2) is 0 Å². The highest BCUT2D eigenvalue weighted by Crippen LogP contribution is 2.25. The molecule has 0 spiro atoms. The minimum absolute atomic E-state index is 1.50. The van der Waals surface area contributed by atoms with E-state index in [0.29, 0.717) is 0 Å². The average molecular weight is 127 g/mol. The van der Waals surface area contributed by atoms with Crippen LogP contribution < -0.4 is 5.64 Å². The molecule has 0 aliphatic carbocycles. The Morgan fingerprint density at radius 1 is 1.29 bits per heavy atom. The van der Waals surface area contributed by atoms with Gasteiger partial charge in [0.1, 0.15) is 0 Å². The van der Waals surface area contributed by atoms with Crippen LogP contribution in [0.5, 0.6) is 0 Å². The van der Waals surface area contributed by atoms with Gasteiger partial charge in [0.2, 0.25) is 0 Å². The van der Waals surface area contributed by atoms with E-state index in [0.717, 1.165) is 0 Å². The molecule has 0 aliphatic heterocycles. The molecule has 5 nitrogen and oxygen atoms in total. The van der Waals surface area contributed by atoms with Gasteiger partial charge < -0.3 is 20.3 Å². The third-order valence-electron chi connectivity index (χ3n) is 0. The predicted molar refractivity (Wildman–Crippen MR) is 27.0 cm³/mol. The van der Waals surface area contributed by atoms with Gasteiger partial charge in [0.15, 0.2) is 7.98 Å². The molecule has 0 saturated heterocycles. The first-order valence-electron chi connectivity index (χ1n) is 1.36. The highest BCUT2D eigenvalue weighted by Gasteiger charge is 2.00. The van der Waals surface area contributed by atoms with Crippen molar-refractivity contribution in [2.45, 2.75) is 0 Å². The van der Waals surface area contributed by atoms with Crippen LogP contribution in [0.3, 0.4) is 0 Å². The normalized spacial score (nSPS) is 9.14. The van der Waals surface area contributed by atoms with Crippen LogP contribution in [0, 0.1) is 0 Å². The Kier molecular flexibility index (Phi) is 6.25. The monoisotopic (exact) mass is 127 g/mol. The van der Waals surface area contributed by atoms with Crippen molar-refractivity contribution in [3.63, 3.8) is 0 Å². The molecular formula is H7BNO4P. The van der Waals surface area contributed by atoms with E-state index in [2.05, 4.69) is 5.64 Å². The summed E-state index contributed by atoms with van der Waals surface area (Å²) in [6, 6.07) is 0. The number of nitrogens with two attached hydrogens (primary N) is 1. The fraction of sp³-hybridized carbons (Fsp3) is 0. The van der Waals surface area contributed by atoms with Crippen molar-refractivity contribution in [2.24, 2.45) is 5.64 Å². The van der Waals surface area contributed by atoms with E-state index in [4.69, 9.17) is 19.2 Å². The van der Waals surface area contributed by atoms with Crippen molar-refractivity contribution < 1.29 is 19.2 Å². The molecule has 0 saturated carbocycles. The molecule has 0 aromatic rings. The molecule has 0 bridgehead atoms. The van der Waals surface area contributed by atoms with Gasteiger partial charge in [-0.1, -0.05) is 0 Å². The number of phosphoric acid groups is 1. The molecule has 0 aromatic carbocycles. The van der Waals surface area contributed by atoms with Gasteiger partial charge in [-0.3, -0.25) is 0 Å². The molecule has 0 heterocycles. The summed E-state index contributed by atoms with van der Waals surface area (Å²) in [5.74, 6) is 0. The molecule has 0 rings (SSSR count). The lowest BCUT2D eigenvalue weighted by Crippen LogP contribution is -1.75. The highest BCUT2D eigenvalue weighted by atomic mass is 31.2. The Morgan fingerprint density at radius 3 is 1.29 bits per heavy atom. The number of rotatable bonds is 0. The zero-order valence-electron chi connectivity index (χ0n) is 3.77. The third kappa shape index (κ3) is 5760. The first-order valence-corrected chi connectivity index (χ1v) is 2.93. The van der Waals surface area contributed by atoms with Crippen LogP contribution in [-0.2, 0) is 4.57 Å². The Morgan fingerprint density at radius 2 is 1.29 bits per heavy atom. The molecule has 0 atom stereocenters. The van der Waals surface area contributed by atoms with Gasteiger partial charge in [0.25, 0.3) is 0 Å². The second kappa shape index (κ2) is 4.30. The van der Waals surface area contributed by atoms with Crippen molar-refractivity contribution in [3.8, 4) is 0 Å². The van der Waals surface area contributed by atoms with Crippen molar-refractivity contribution >= 4 is 15.8 Å². The standard InChI is InChI=1S/BH4N.H3O4P/c1-2;1-5(2,3)4/h1-2H2;(H3,1,2,3,4). The first kappa shape index (κ1) is 10.2. The van der Waals surface area contributed by atoms with Crippen molar-refractivity contribution in [3.05, 3.63) is 0 Å². The van der Waals surface area contributed by atoms with Gasteiger partial charge >= 0.3 is 7.82 Å². The van der Waals surface area contributed by atoms with E-state index in [1.54, 1.807) is 0 Å². The summed E-state index contributed by atoms with van der Waals surface area (Å²) >= 11 is 0. The topological polar surface area (TPSA) is 104 Å². The van der Waals surface area contributed by atoms with Crippen LogP contribution in [0.1, 0.15) is 0 Å². The predicted octanol–water partition coefficient (Wildman–Crippen LogP) is -2.44. The Balaban J connectivity index is 0. The molecule has 0 fully saturated rings. The minimum Gasteiger partial charge on any atom is -0.376 e. The van der Waals surface area contributed by atoms with Gasteiger partial charge in [-0.25, -0.2) is 4.57 Å². The Bertz CT molecular complexity index is 57.8. The van der Waals surface area contributed by atoms with Gasteiger partial charge in [-0.2, -0.15) is 0 Å². The minimum atomic E-state index is -4.64. The van der Waals surface area contributed by atoms with E-state index in [1.807, 2.05) is 0 Å². The van der Waals surface area contributed by atoms with E-state index in [9.17, 15) is 0 Å². The molecule has 7 heavy (non-hydrogen) atoms. The maximum atomic E-state index is 8.88. The van der Waals surface area contributed by atoms with Gasteiger partial charge in [-0.05, 0) is 0 Å². The Labute approximate surface area is 41.8 Å². The van der Waals surface area contributed by atoms with E-state index in [1.165, 1.54) is 7.98 Å². The van der Waals surface area contributed by atoms with Crippen LogP contribution in [0.25, 0.3) is 0 Å². The second-order valence-electron chi connectivity index (χ2n) is 0.513. The summed E-state index contributed by atoms with van der Waals surface area (Å²) in [5.41, 5.74) is 4.50. The molecule has 0 radical (unpaired) electrons. The van der Waals surface area contributed by atoms with Crippen LogP contribution >= 0.6 is 7.82 Å². The van der Waals surface area contributed by atoms with Crippen molar-refractivity contribution in [1.82, 2.24) is 0 Å². The molecule has 0 unspecified atom stereocenters. The van der Waals surface area contributed by atoms with E-state index < -0.39 is 7.82 Å². The number of hydrogen-bond acceptors (Lipinski definition) is 2. The summed E-state index contributed by atoms with van der Waals surface area (Å²) in [6.07, 6.45) is 0. The molecule has 0 amide bonds. The van der Waals surface area contributed by atoms with Crippen LogP contribution in [0.4, 0.5) is 0 Å². The van der Waals surface area contributed by atoms with Gasteiger partial charge in [0, 0.05) is 0 Å². The first-order chi connectivity index (χ1) is 3.00. The SMILES string of the molecule is BN.O=P(O)(O)O. The molecular weight excluding hydrogens is 120 g/mol. The summed E-state index contributed by atoms with van der Waals surface area (Å²) in [6.45, 7) is 0. The highest BCUT2D eigenvalue weighted by molar-refractivity contribution is 7.45. The molecule has 0 aromatic heterocycles. The van der Waals surface area contributed by atoms with E-state index in [-0.39, 0.29) is 0 Å². The molecule has 44 valence electrons. The Hall–Kier alpha value is 0.135. The number of hydrogen-bond donors (Lipinski definition) is 4. The third-order valence-corrected chi connectivity index (χ3v) is 0. The van der Waals surface area contributed by atoms with Crippen LogP contribution in [-0.4, -0.2) is 22.7 Å². The largest absolute Gasteiger partial charge is 0.466 e. The lowest BCUT2D eigenvalue weighted by molar-refractivity contribution is 0.275. The maximum absolute atomic E-state index is 8.88. The second-order valence-corrected chi connectivity index (χ2v) is 1.54. The summed E-state index contributed by atoms with van der Waals surface area (Å²) in [5, 5.41) is 0. The lowest BCUT2D eigenvalue weighted by atomic mass is 10.5. The smallest absolute Gasteiger partial charge is 0.376 e. The van der Waals surface area contributed by atoms with Crippen molar-refractivity contribution in [1.29, 1.82) is 0 Å². The fourth-order valence-corrected chi connectivity index (χ4v) is 0. The molecule has 7 heteroatoms. The summed E-state index contributed by atoms with van der Waals surface area (Å²) < 4.78 is 8.88. The zero-order valence-corrected chi connectivity index (χ0v) is 4.67. The summed E-state index contributed by atoms with van der Waals surface area (Å²) in [7, 11) is -3.14.